The normalized spacial score (nSPS) is 14.8. The van der Waals surface area contributed by atoms with Gasteiger partial charge in [0.15, 0.2) is 6.61 Å². The van der Waals surface area contributed by atoms with E-state index in [1.807, 2.05) is 53.3 Å². The third-order valence-corrected chi connectivity index (χ3v) is 8.00. The van der Waals surface area contributed by atoms with E-state index in [4.69, 9.17) is 32.9 Å². The zero-order valence-corrected chi connectivity index (χ0v) is 26.8. The number of aromatic nitrogens is 2. The first-order valence-corrected chi connectivity index (χ1v) is 15.2. The topological polar surface area (TPSA) is 103 Å². The summed E-state index contributed by atoms with van der Waals surface area (Å²) in [4.78, 5) is 28.0. The molecule has 1 aliphatic carbocycles. The predicted octanol–water partition coefficient (Wildman–Crippen LogP) is 9.32. The fourth-order valence-electron chi connectivity index (χ4n) is 4.95. The van der Waals surface area contributed by atoms with Crippen LogP contribution in [-0.2, 0) is 11.3 Å². The second kappa shape index (κ2) is 14.8. The van der Waals surface area contributed by atoms with Gasteiger partial charge in [0.2, 0.25) is 0 Å². The molecule has 4 aromatic rings. The van der Waals surface area contributed by atoms with Crippen molar-refractivity contribution in [2.45, 2.75) is 25.1 Å². The molecule has 0 bridgehead atoms. The van der Waals surface area contributed by atoms with Crippen LogP contribution in [0.1, 0.15) is 45.3 Å². The number of imidazole rings is 1. The summed E-state index contributed by atoms with van der Waals surface area (Å²) in [6.07, 6.45) is 4.05. The average molecular weight is 699 g/mol. The monoisotopic (exact) mass is 697 g/mol. The van der Waals surface area contributed by atoms with E-state index in [1.54, 1.807) is 42.5 Å². The van der Waals surface area contributed by atoms with Crippen molar-refractivity contribution in [1.29, 1.82) is 0 Å². The molecule has 248 valence electrons. The van der Waals surface area contributed by atoms with E-state index in [0.29, 0.717) is 28.9 Å². The number of carbonyl (C=O) groups excluding carboxylic acids is 1. The zero-order chi connectivity index (χ0) is 34.4. The molecule has 0 aliphatic heterocycles. The lowest BCUT2D eigenvalue weighted by atomic mass is 9.97. The summed E-state index contributed by atoms with van der Waals surface area (Å²) in [7, 11) is 1.38. The highest BCUT2D eigenvalue weighted by molar-refractivity contribution is 6.35. The number of carbonyl (C=O) groups is 2. The lowest BCUT2D eigenvalue weighted by Gasteiger charge is -2.15. The molecule has 0 saturated heterocycles. The van der Waals surface area contributed by atoms with Crippen LogP contribution in [-0.4, -0.2) is 46.6 Å². The van der Waals surface area contributed by atoms with Crippen molar-refractivity contribution in [1.82, 2.24) is 9.55 Å². The van der Waals surface area contributed by atoms with E-state index in [-0.39, 0.29) is 22.9 Å². The molecule has 1 atom stereocenters. The number of halogens is 5. The number of carboxylic acids is 1. The van der Waals surface area contributed by atoms with Gasteiger partial charge in [-0.3, -0.25) is 5.32 Å². The molecule has 1 amide bonds. The average Bonchev–Trinajstić information content (AvgIpc) is 3.45. The molecular formula is C35H28Cl2F3N3O5. The van der Waals surface area contributed by atoms with E-state index in [1.165, 1.54) is 13.2 Å². The van der Waals surface area contributed by atoms with Gasteiger partial charge in [0.1, 0.15) is 11.6 Å². The number of anilines is 1. The first kappa shape index (κ1) is 34.3. The Morgan fingerprint density at radius 1 is 1.04 bits per heavy atom. The van der Waals surface area contributed by atoms with Crippen molar-refractivity contribution < 1.29 is 37.3 Å². The molecule has 0 radical (unpaired) electrons. The van der Waals surface area contributed by atoms with E-state index < -0.39 is 24.8 Å². The number of nitrogens with zero attached hydrogens (tertiary/aromatic N) is 2. The SMILES string of the molecule is COc1cc(-c2ccc(/C=C/c3nc(C4CC=C(Cl)C=C4Cl)cn3Cc3ccc(C(=O)O)cc3)cc2)ccc1NC(=O)OCC(F)(F)F. The molecule has 0 saturated carbocycles. The lowest BCUT2D eigenvalue weighted by molar-refractivity contribution is -0.159. The molecule has 5 rings (SSSR count). The Labute approximate surface area is 283 Å². The molecule has 1 heterocycles. The number of methoxy groups -OCH3 is 1. The molecule has 1 aliphatic rings. The van der Waals surface area contributed by atoms with Gasteiger partial charge in [0.05, 0.1) is 24.1 Å². The molecule has 0 spiro atoms. The smallest absolute Gasteiger partial charge is 0.422 e. The number of amides is 1. The molecule has 48 heavy (non-hydrogen) atoms. The van der Waals surface area contributed by atoms with Crippen LogP contribution >= 0.6 is 23.2 Å². The Balaban J connectivity index is 1.34. The van der Waals surface area contributed by atoms with Gasteiger partial charge in [-0.05, 0) is 65.1 Å². The molecule has 13 heteroatoms. The summed E-state index contributed by atoms with van der Waals surface area (Å²) in [5.74, 6) is -0.237. The van der Waals surface area contributed by atoms with E-state index in [0.717, 1.165) is 27.9 Å². The van der Waals surface area contributed by atoms with Crippen molar-refractivity contribution in [3.63, 3.8) is 0 Å². The summed E-state index contributed by atoms with van der Waals surface area (Å²) in [6.45, 7) is -1.26. The number of hydrogen-bond acceptors (Lipinski definition) is 5. The number of benzene rings is 3. The molecule has 1 aromatic heterocycles. The van der Waals surface area contributed by atoms with Gasteiger partial charge in [-0.15, -0.1) is 0 Å². The second-order valence-electron chi connectivity index (χ2n) is 10.7. The Morgan fingerprint density at radius 3 is 2.40 bits per heavy atom. The molecular weight excluding hydrogens is 670 g/mol. The largest absolute Gasteiger partial charge is 0.495 e. The minimum absolute atomic E-state index is 0.152. The first-order chi connectivity index (χ1) is 22.9. The highest BCUT2D eigenvalue weighted by Gasteiger charge is 2.30. The number of hydrogen-bond donors (Lipinski definition) is 2. The summed E-state index contributed by atoms with van der Waals surface area (Å²) in [5, 5.41) is 12.7. The minimum atomic E-state index is -4.64. The fraction of sp³-hybridized carbons (Fsp3) is 0.171. The van der Waals surface area contributed by atoms with Crippen LogP contribution in [0.15, 0.2) is 95.1 Å². The Bertz CT molecular complexity index is 1900. The van der Waals surface area contributed by atoms with E-state index in [9.17, 15) is 27.9 Å². The van der Waals surface area contributed by atoms with Gasteiger partial charge in [0, 0.05) is 28.7 Å². The van der Waals surface area contributed by atoms with Gasteiger partial charge >= 0.3 is 18.2 Å². The van der Waals surface area contributed by atoms with Gasteiger partial charge < -0.3 is 19.1 Å². The molecule has 8 nitrogen and oxygen atoms in total. The second-order valence-corrected chi connectivity index (χ2v) is 11.6. The molecule has 3 aromatic carbocycles. The van der Waals surface area contributed by atoms with E-state index in [2.05, 4.69) is 10.1 Å². The van der Waals surface area contributed by atoms with Crippen molar-refractivity contribution in [3.05, 3.63) is 123 Å². The van der Waals surface area contributed by atoms with Crippen LogP contribution in [0, 0.1) is 0 Å². The van der Waals surface area contributed by atoms with Crippen LogP contribution in [0.2, 0.25) is 0 Å². The van der Waals surface area contributed by atoms with Gasteiger partial charge in [-0.1, -0.05) is 77.8 Å². The quantitative estimate of drug-likeness (QED) is 0.171. The van der Waals surface area contributed by atoms with Gasteiger partial charge in [-0.25, -0.2) is 14.6 Å². The Morgan fingerprint density at radius 2 is 1.75 bits per heavy atom. The summed E-state index contributed by atoms with van der Waals surface area (Å²) < 4.78 is 48.6. The molecule has 0 fully saturated rings. The predicted molar refractivity (Wildman–Crippen MR) is 178 cm³/mol. The number of aromatic carboxylic acids is 1. The number of carboxylic acid groups (broad SMARTS) is 1. The lowest BCUT2D eigenvalue weighted by Crippen LogP contribution is -2.23. The van der Waals surface area contributed by atoms with Crippen LogP contribution in [0.5, 0.6) is 5.75 Å². The van der Waals surface area contributed by atoms with Crippen LogP contribution in [0.25, 0.3) is 23.3 Å². The third kappa shape index (κ3) is 8.87. The van der Waals surface area contributed by atoms with Gasteiger partial charge in [-0.2, -0.15) is 13.2 Å². The van der Waals surface area contributed by atoms with Crippen LogP contribution in [0.3, 0.4) is 0 Å². The maximum absolute atomic E-state index is 12.4. The van der Waals surface area contributed by atoms with Gasteiger partial charge in [0.25, 0.3) is 0 Å². The summed E-state index contributed by atoms with van der Waals surface area (Å²) in [5.41, 5.74) is 4.48. The number of ether oxygens (including phenoxy) is 2. The highest BCUT2D eigenvalue weighted by Crippen LogP contribution is 2.36. The molecule has 2 N–H and O–H groups in total. The summed E-state index contributed by atoms with van der Waals surface area (Å²) in [6, 6.07) is 19.1. The first-order valence-electron chi connectivity index (χ1n) is 14.5. The van der Waals surface area contributed by atoms with Crippen molar-refractivity contribution in [3.8, 4) is 16.9 Å². The Kier molecular flexibility index (Phi) is 10.6. The number of alkyl halides is 3. The van der Waals surface area contributed by atoms with Crippen LogP contribution < -0.4 is 10.1 Å². The zero-order valence-electron chi connectivity index (χ0n) is 25.3. The van der Waals surface area contributed by atoms with Crippen molar-refractivity contribution in [2.24, 2.45) is 0 Å². The fourth-order valence-corrected chi connectivity index (χ4v) is 5.53. The Hall–Kier alpha value is -5.00. The molecule has 1 unspecified atom stereocenters. The van der Waals surface area contributed by atoms with E-state index >= 15 is 0 Å². The summed E-state index contributed by atoms with van der Waals surface area (Å²) >= 11 is 12.7. The third-order valence-electron chi connectivity index (χ3n) is 7.37. The number of rotatable bonds is 10. The number of nitrogens with one attached hydrogen (secondary N) is 1. The van der Waals surface area contributed by atoms with Crippen molar-refractivity contribution in [2.75, 3.05) is 19.0 Å². The standard InChI is InChI=1S/C35H28Cl2F3N3O5/c1-47-31-16-25(11-14-29(31)42-34(46)48-20-35(38,39)40)23-7-2-21(3-8-23)6-15-32-41-30(27-13-12-26(36)17-28(27)37)19-43(32)18-22-4-9-24(10-5-22)33(44)45/h2-12,14-17,19,27H,13,18,20H2,1H3,(H,42,46)(H,44,45)/b15-6+. The maximum atomic E-state index is 12.4. The minimum Gasteiger partial charge on any atom is -0.495 e. The number of allylic oxidation sites excluding steroid dienone is 4. The van der Waals surface area contributed by atoms with Crippen LogP contribution in [0.4, 0.5) is 23.7 Å². The highest BCUT2D eigenvalue weighted by atomic mass is 35.5. The maximum Gasteiger partial charge on any atom is 0.422 e. The van der Waals surface area contributed by atoms with Crippen molar-refractivity contribution >= 4 is 53.1 Å².